The highest BCUT2D eigenvalue weighted by Gasteiger charge is 2.21. The van der Waals surface area contributed by atoms with E-state index in [1.54, 1.807) is 0 Å². The highest BCUT2D eigenvalue weighted by molar-refractivity contribution is 5.85. The molecule has 22 heavy (non-hydrogen) atoms. The van der Waals surface area contributed by atoms with Crippen LogP contribution in [-0.2, 0) is 9.53 Å². The van der Waals surface area contributed by atoms with Gasteiger partial charge in [0.15, 0.2) is 0 Å². The van der Waals surface area contributed by atoms with E-state index < -0.39 is 0 Å². The molecule has 0 aliphatic carbocycles. The number of benzene rings is 1. The van der Waals surface area contributed by atoms with Crippen molar-refractivity contribution in [2.75, 3.05) is 13.2 Å². The second-order valence-electron chi connectivity index (χ2n) is 6.08. The lowest BCUT2D eigenvalue weighted by atomic mass is 9.92. The molecule has 0 saturated carbocycles. The van der Waals surface area contributed by atoms with E-state index >= 15 is 0 Å². The number of fused-ring (bicyclic) bond motifs is 1. The Morgan fingerprint density at radius 3 is 3.09 bits per heavy atom. The average molecular weight is 300 g/mol. The van der Waals surface area contributed by atoms with Crippen LogP contribution >= 0.6 is 0 Å². The number of rotatable bonds is 5. The largest absolute Gasteiger partial charge is 0.379 e. The summed E-state index contributed by atoms with van der Waals surface area (Å²) in [6, 6.07) is 8.45. The van der Waals surface area contributed by atoms with Crippen molar-refractivity contribution in [3.63, 3.8) is 0 Å². The topological polar surface area (TPSA) is 54.1 Å². The summed E-state index contributed by atoms with van der Waals surface area (Å²) in [6.07, 6.45) is 5.60. The number of hydrogen-bond donors (Lipinski definition) is 2. The Morgan fingerprint density at radius 1 is 1.45 bits per heavy atom. The average Bonchev–Trinajstić information content (AvgIpc) is 2.97. The van der Waals surface area contributed by atoms with Crippen molar-refractivity contribution >= 4 is 16.8 Å². The predicted molar refractivity (Wildman–Crippen MR) is 87.9 cm³/mol. The molecule has 0 spiro atoms. The highest BCUT2D eigenvalue weighted by Crippen LogP contribution is 2.30. The summed E-state index contributed by atoms with van der Waals surface area (Å²) < 4.78 is 5.42. The summed E-state index contributed by atoms with van der Waals surface area (Å²) in [6.45, 7) is 3.61. The smallest absolute Gasteiger partial charge is 0.220 e. The van der Waals surface area contributed by atoms with Gasteiger partial charge < -0.3 is 15.0 Å². The van der Waals surface area contributed by atoms with Crippen molar-refractivity contribution in [2.45, 2.75) is 44.6 Å². The lowest BCUT2D eigenvalue weighted by molar-refractivity contribution is -0.123. The number of para-hydroxylation sites is 1. The van der Waals surface area contributed by atoms with Gasteiger partial charge in [-0.05, 0) is 36.8 Å². The number of aromatic amines is 1. The van der Waals surface area contributed by atoms with Gasteiger partial charge in [-0.25, -0.2) is 0 Å². The zero-order valence-corrected chi connectivity index (χ0v) is 13.1. The van der Waals surface area contributed by atoms with Crippen LogP contribution in [0.1, 0.15) is 44.1 Å². The zero-order valence-electron chi connectivity index (χ0n) is 13.1. The minimum Gasteiger partial charge on any atom is -0.379 e. The molecule has 1 amide bonds. The molecule has 1 aromatic carbocycles. The molecule has 1 aliphatic rings. The van der Waals surface area contributed by atoms with Crippen molar-refractivity contribution in [2.24, 2.45) is 0 Å². The Hall–Kier alpha value is -1.81. The minimum atomic E-state index is 0.132. The molecule has 3 rings (SSSR count). The van der Waals surface area contributed by atoms with E-state index in [4.69, 9.17) is 4.74 Å². The number of carbonyl (C=O) groups excluding carboxylic acids is 1. The first kappa shape index (κ1) is 15.1. The van der Waals surface area contributed by atoms with Crippen molar-refractivity contribution in [3.05, 3.63) is 36.0 Å². The van der Waals surface area contributed by atoms with E-state index in [1.807, 2.05) is 12.1 Å². The molecule has 0 bridgehead atoms. The van der Waals surface area contributed by atoms with E-state index in [2.05, 4.69) is 35.6 Å². The zero-order chi connectivity index (χ0) is 15.4. The third kappa shape index (κ3) is 3.33. The summed E-state index contributed by atoms with van der Waals surface area (Å²) in [7, 11) is 0. The molecule has 2 N–H and O–H groups in total. The second kappa shape index (κ2) is 6.97. The van der Waals surface area contributed by atoms with Crippen LogP contribution in [0, 0.1) is 0 Å². The van der Waals surface area contributed by atoms with Crippen LogP contribution in [0.5, 0.6) is 0 Å². The van der Waals surface area contributed by atoms with E-state index in [9.17, 15) is 4.79 Å². The van der Waals surface area contributed by atoms with Gasteiger partial charge in [-0.2, -0.15) is 0 Å². The molecule has 2 heterocycles. The lowest BCUT2D eigenvalue weighted by Gasteiger charge is -2.24. The number of hydrogen-bond acceptors (Lipinski definition) is 2. The first-order valence-corrected chi connectivity index (χ1v) is 8.21. The van der Waals surface area contributed by atoms with Crippen LogP contribution in [0.3, 0.4) is 0 Å². The lowest BCUT2D eigenvalue weighted by Crippen LogP contribution is -2.41. The molecule has 4 nitrogen and oxygen atoms in total. The van der Waals surface area contributed by atoms with E-state index in [0.717, 1.165) is 31.4 Å². The highest BCUT2D eigenvalue weighted by atomic mass is 16.5. The molecule has 2 atom stereocenters. The fourth-order valence-corrected chi connectivity index (χ4v) is 3.27. The molecular weight excluding hydrogens is 276 g/mol. The van der Waals surface area contributed by atoms with Gasteiger partial charge in [0.05, 0.1) is 12.6 Å². The van der Waals surface area contributed by atoms with Crippen molar-refractivity contribution < 1.29 is 9.53 Å². The minimum absolute atomic E-state index is 0.132. The monoisotopic (exact) mass is 300 g/mol. The number of H-pyrrole nitrogens is 1. The Balaban J connectivity index is 1.67. The standard InChI is InChI=1S/C18H24N2O2/c1-2-13(10-18(21)20-14-6-5-9-22-12-14)16-11-19-17-8-4-3-7-15(16)17/h3-4,7-8,11,13-14,19H,2,5-6,9-10,12H2,1H3,(H,20,21)/t13-,14-/m1/s1. The summed E-state index contributed by atoms with van der Waals surface area (Å²) in [5, 5.41) is 4.34. The Labute approximate surface area is 131 Å². The van der Waals surface area contributed by atoms with Gasteiger partial charge in [0.1, 0.15) is 0 Å². The molecule has 4 heteroatoms. The maximum Gasteiger partial charge on any atom is 0.220 e. The maximum absolute atomic E-state index is 12.3. The van der Waals surface area contributed by atoms with Crippen LogP contribution in [-0.4, -0.2) is 30.1 Å². The van der Waals surface area contributed by atoms with E-state index in [-0.39, 0.29) is 17.9 Å². The summed E-state index contributed by atoms with van der Waals surface area (Å²) in [4.78, 5) is 15.6. The van der Waals surface area contributed by atoms with Gasteiger partial charge in [-0.3, -0.25) is 4.79 Å². The number of ether oxygens (including phenoxy) is 1. The number of aromatic nitrogens is 1. The number of amides is 1. The van der Waals surface area contributed by atoms with Crippen LogP contribution in [0.15, 0.2) is 30.5 Å². The molecule has 2 aromatic rings. The Kier molecular flexibility index (Phi) is 4.78. The Bertz CT molecular complexity index is 629. The van der Waals surface area contributed by atoms with Crippen LogP contribution in [0.2, 0.25) is 0 Å². The normalized spacial score (nSPS) is 20.0. The van der Waals surface area contributed by atoms with Gasteiger partial charge >= 0.3 is 0 Å². The van der Waals surface area contributed by atoms with Crippen molar-refractivity contribution in [1.82, 2.24) is 10.3 Å². The van der Waals surface area contributed by atoms with Crippen LogP contribution < -0.4 is 5.32 Å². The number of carbonyl (C=O) groups is 1. The quantitative estimate of drug-likeness (QED) is 0.889. The molecule has 118 valence electrons. The molecule has 0 unspecified atom stereocenters. The maximum atomic E-state index is 12.3. The van der Waals surface area contributed by atoms with Gasteiger partial charge in [0.25, 0.3) is 0 Å². The third-order valence-electron chi connectivity index (χ3n) is 4.51. The van der Waals surface area contributed by atoms with Gasteiger partial charge in [0.2, 0.25) is 5.91 Å². The fourth-order valence-electron chi connectivity index (χ4n) is 3.27. The number of nitrogens with one attached hydrogen (secondary N) is 2. The van der Waals surface area contributed by atoms with E-state index in [1.165, 1.54) is 10.9 Å². The summed E-state index contributed by atoms with van der Waals surface area (Å²) >= 11 is 0. The molecule has 1 aliphatic heterocycles. The third-order valence-corrected chi connectivity index (χ3v) is 4.51. The first-order valence-electron chi connectivity index (χ1n) is 8.21. The molecule has 0 radical (unpaired) electrons. The SMILES string of the molecule is CC[C@H](CC(=O)N[C@@H]1CCCOC1)c1c[nH]c2ccccc12. The second-order valence-corrected chi connectivity index (χ2v) is 6.08. The molecular formula is C18H24N2O2. The molecule has 1 saturated heterocycles. The van der Waals surface area contributed by atoms with Crippen molar-refractivity contribution in [3.8, 4) is 0 Å². The summed E-state index contributed by atoms with van der Waals surface area (Å²) in [5.74, 6) is 0.383. The molecule has 1 fully saturated rings. The van der Waals surface area contributed by atoms with Crippen LogP contribution in [0.4, 0.5) is 0 Å². The molecule has 1 aromatic heterocycles. The van der Waals surface area contributed by atoms with Crippen molar-refractivity contribution in [1.29, 1.82) is 0 Å². The van der Waals surface area contributed by atoms with Gasteiger partial charge in [-0.15, -0.1) is 0 Å². The van der Waals surface area contributed by atoms with E-state index in [0.29, 0.717) is 13.0 Å². The van der Waals surface area contributed by atoms with Gasteiger partial charge in [-0.1, -0.05) is 25.1 Å². The van der Waals surface area contributed by atoms with Gasteiger partial charge in [0, 0.05) is 30.1 Å². The summed E-state index contributed by atoms with van der Waals surface area (Å²) in [5.41, 5.74) is 2.38. The first-order chi connectivity index (χ1) is 10.8. The predicted octanol–water partition coefficient (Wildman–Crippen LogP) is 3.35. The fraction of sp³-hybridized carbons (Fsp3) is 0.500. The van der Waals surface area contributed by atoms with Crippen LogP contribution in [0.25, 0.3) is 10.9 Å². The Morgan fingerprint density at radius 2 is 2.32 bits per heavy atom.